The number of hydrogen-bond acceptors (Lipinski definition) is 6. The van der Waals surface area contributed by atoms with Crippen LogP contribution < -0.4 is 19.8 Å². The van der Waals surface area contributed by atoms with Gasteiger partial charge in [0.2, 0.25) is 10.0 Å². The van der Waals surface area contributed by atoms with Gasteiger partial charge < -0.3 is 14.5 Å². The smallest absolute Gasteiger partial charge is 0.251 e. The summed E-state index contributed by atoms with van der Waals surface area (Å²) in [7, 11) is -3.53. The highest BCUT2D eigenvalue weighted by Gasteiger charge is 2.16. The van der Waals surface area contributed by atoms with Crippen LogP contribution in [0.5, 0.6) is 11.5 Å². The summed E-state index contributed by atoms with van der Waals surface area (Å²) in [6, 6.07) is 8.54. The summed E-state index contributed by atoms with van der Waals surface area (Å²) in [4.78, 5) is 15.1. The minimum atomic E-state index is -3.53. The molecule has 0 aliphatic carbocycles. The molecule has 0 unspecified atom stereocenters. The molecule has 4 rings (SSSR count). The molecule has 2 N–H and O–H groups in total. The molecule has 3 heterocycles. The largest absolute Gasteiger partial charge is 0.486 e. The maximum absolute atomic E-state index is 12.3. The molecular formula is C17H16N2O5S2. The second kappa shape index (κ2) is 6.75. The Hall–Kier alpha value is -2.36. The highest BCUT2D eigenvalue weighted by Crippen LogP contribution is 2.33. The van der Waals surface area contributed by atoms with Gasteiger partial charge in [-0.2, -0.15) is 0 Å². The third-order valence-electron chi connectivity index (χ3n) is 4.03. The number of hydrogen-bond donors (Lipinski definition) is 2. The van der Waals surface area contributed by atoms with Gasteiger partial charge in [0.25, 0.3) is 5.56 Å². The average molecular weight is 392 g/mol. The van der Waals surface area contributed by atoms with Crippen molar-refractivity contribution in [3.63, 3.8) is 0 Å². The Morgan fingerprint density at radius 3 is 2.65 bits per heavy atom. The number of rotatable bonds is 5. The van der Waals surface area contributed by atoms with Gasteiger partial charge in [-0.1, -0.05) is 6.07 Å². The first-order valence-electron chi connectivity index (χ1n) is 8.02. The summed E-state index contributed by atoms with van der Waals surface area (Å²) in [5.74, 6) is 1.25. The predicted octanol–water partition coefficient (Wildman–Crippen LogP) is 1.88. The molecule has 1 aliphatic heterocycles. The van der Waals surface area contributed by atoms with Gasteiger partial charge in [-0.05, 0) is 30.0 Å². The standard InChI is InChI=1S/C17H16N2O5S2/c20-17-11(3-4-18-26(21,22)16-2-1-7-25-16)8-12-9-14-15(10-13(12)19-17)24-6-5-23-14/h1-2,7-10,18H,3-6H2,(H,19,20). The van der Waals surface area contributed by atoms with E-state index in [1.165, 1.54) is 0 Å². The van der Waals surface area contributed by atoms with Gasteiger partial charge in [0.05, 0.1) is 5.52 Å². The Kier molecular flexibility index (Phi) is 4.43. The van der Waals surface area contributed by atoms with Crippen molar-refractivity contribution in [2.24, 2.45) is 0 Å². The number of benzene rings is 1. The van der Waals surface area contributed by atoms with Crippen LogP contribution in [0.1, 0.15) is 5.56 Å². The highest BCUT2D eigenvalue weighted by molar-refractivity contribution is 7.91. The number of sulfonamides is 1. The molecule has 0 bridgehead atoms. The first-order chi connectivity index (χ1) is 12.5. The second-order valence-electron chi connectivity index (χ2n) is 5.79. The average Bonchev–Trinajstić information content (AvgIpc) is 3.16. The molecule has 0 atom stereocenters. The molecule has 0 fully saturated rings. The van der Waals surface area contributed by atoms with Gasteiger partial charge in [-0.25, -0.2) is 13.1 Å². The summed E-state index contributed by atoms with van der Waals surface area (Å²) in [6.07, 6.45) is 0.282. The van der Waals surface area contributed by atoms with Crippen molar-refractivity contribution in [2.45, 2.75) is 10.6 Å². The topological polar surface area (TPSA) is 97.5 Å². The van der Waals surface area contributed by atoms with Crippen LogP contribution in [0.2, 0.25) is 0 Å². The van der Waals surface area contributed by atoms with Gasteiger partial charge in [-0.3, -0.25) is 4.79 Å². The first kappa shape index (κ1) is 17.1. The Bertz CT molecular complexity index is 1100. The van der Waals surface area contributed by atoms with E-state index in [9.17, 15) is 13.2 Å². The van der Waals surface area contributed by atoms with Gasteiger partial charge in [-0.15, -0.1) is 11.3 Å². The summed E-state index contributed by atoms with van der Waals surface area (Å²) >= 11 is 1.15. The molecule has 3 aromatic rings. The van der Waals surface area contributed by atoms with E-state index in [0.717, 1.165) is 16.7 Å². The molecule has 1 aliphatic rings. The fourth-order valence-corrected chi connectivity index (χ4v) is 4.85. The molecule has 0 amide bonds. The summed E-state index contributed by atoms with van der Waals surface area (Å²) in [5, 5.41) is 2.51. The van der Waals surface area contributed by atoms with Crippen LogP contribution in [0.25, 0.3) is 10.9 Å². The van der Waals surface area contributed by atoms with Crippen LogP contribution in [0.4, 0.5) is 0 Å². The lowest BCUT2D eigenvalue weighted by Gasteiger charge is -2.18. The lowest BCUT2D eigenvalue weighted by Crippen LogP contribution is -2.27. The number of nitrogens with one attached hydrogen (secondary N) is 2. The summed E-state index contributed by atoms with van der Waals surface area (Å²) < 4.78 is 38.1. The Morgan fingerprint density at radius 2 is 1.92 bits per heavy atom. The third-order valence-corrected chi connectivity index (χ3v) is 6.89. The predicted molar refractivity (Wildman–Crippen MR) is 98.8 cm³/mol. The summed E-state index contributed by atoms with van der Waals surface area (Å²) in [6.45, 7) is 1.10. The molecule has 0 saturated carbocycles. The van der Waals surface area contributed by atoms with E-state index < -0.39 is 10.0 Å². The number of fused-ring (bicyclic) bond motifs is 2. The van der Waals surface area contributed by atoms with E-state index in [1.54, 1.807) is 29.6 Å². The molecule has 0 spiro atoms. The minimum Gasteiger partial charge on any atom is -0.486 e. The number of H-pyrrole nitrogens is 1. The van der Waals surface area contributed by atoms with Crippen molar-refractivity contribution in [3.05, 3.63) is 51.6 Å². The Labute approximate surface area is 153 Å². The van der Waals surface area contributed by atoms with E-state index >= 15 is 0 Å². The second-order valence-corrected chi connectivity index (χ2v) is 8.73. The number of aromatic nitrogens is 1. The van der Waals surface area contributed by atoms with E-state index in [4.69, 9.17) is 9.47 Å². The molecule has 1 aromatic carbocycles. The van der Waals surface area contributed by atoms with Crippen molar-refractivity contribution in [2.75, 3.05) is 19.8 Å². The lowest BCUT2D eigenvalue weighted by molar-refractivity contribution is 0.172. The van der Waals surface area contributed by atoms with E-state index in [0.29, 0.717) is 35.8 Å². The zero-order valence-electron chi connectivity index (χ0n) is 13.7. The molecule has 0 saturated heterocycles. The van der Waals surface area contributed by atoms with Crippen LogP contribution in [0, 0.1) is 0 Å². The normalized spacial score (nSPS) is 13.8. The van der Waals surface area contributed by atoms with Gasteiger partial charge in [0.1, 0.15) is 17.4 Å². The zero-order valence-corrected chi connectivity index (χ0v) is 15.3. The van der Waals surface area contributed by atoms with Crippen LogP contribution in [0.15, 0.2) is 44.7 Å². The van der Waals surface area contributed by atoms with Crippen LogP contribution in [-0.2, 0) is 16.4 Å². The molecule has 2 aromatic heterocycles. The molecule has 0 radical (unpaired) electrons. The van der Waals surface area contributed by atoms with E-state index in [-0.39, 0.29) is 22.7 Å². The molecule has 7 nitrogen and oxygen atoms in total. The van der Waals surface area contributed by atoms with E-state index in [2.05, 4.69) is 9.71 Å². The van der Waals surface area contributed by atoms with E-state index in [1.807, 2.05) is 6.07 Å². The Balaban J connectivity index is 1.55. The SMILES string of the molecule is O=c1[nH]c2cc3c(cc2cc1CCNS(=O)(=O)c1cccs1)OCCO3. The number of aromatic amines is 1. The van der Waals surface area contributed by atoms with Crippen LogP contribution in [0.3, 0.4) is 0 Å². The lowest BCUT2D eigenvalue weighted by atomic mass is 10.1. The number of ether oxygens (including phenoxy) is 2. The molecule has 9 heteroatoms. The highest BCUT2D eigenvalue weighted by atomic mass is 32.2. The zero-order chi connectivity index (χ0) is 18.1. The van der Waals surface area contributed by atoms with Gasteiger partial charge >= 0.3 is 0 Å². The van der Waals surface area contributed by atoms with Gasteiger partial charge in [0, 0.05) is 23.6 Å². The van der Waals surface area contributed by atoms with Crippen LogP contribution in [-0.4, -0.2) is 33.2 Å². The quantitative estimate of drug-likeness (QED) is 0.691. The maximum atomic E-state index is 12.3. The van der Waals surface area contributed by atoms with Gasteiger partial charge in [0.15, 0.2) is 11.5 Å². The third kappa shape index (κ3) is 3.33. The molecule has 26 heavy (non-hydrogen) atoms. The fourth-order valence-electron chi connectivity index (χ4n) is 2.78. The van der Waals surface area contributed by atoms with Crippen molar-refractivity contribution >= 4 is 32.3 Å². The first-order valence-corrected chi connectivity index (χ1v) is 10.4. The van der Waals surface area contributed by atoms with Crippen molar-refractivity contribution in [3.8, 4) is 11.5 Å². The monoisotopic (exact) mass is 392 g/mol. The number of thiophene rings is 1. The summed E-state index contributed by atoms with van der Waals surface area (Å²) in [5.41, 5.74) is 0.912. The van der Waals surface area contributed by atoms with Crippen LogP contribution >= 0.6 is 11.3 Å². The van der Waals surface area contributed by atoms with Crippen molar-refractivity contribution in [1.29, 1.82) is 0 Å². The Morgan fingerprint density at radius 1 is 1.15 bits per heavy atom. The maximum Gasteiger partial charge on any atom is 0.251 e. The molecular weight excluding hydrogens is 376 g/mol. The molecule has 136 valence electrons. The fraction of sp³-hybridized carbons (Fsp3) is 0.235. The minimum absolute atomic E-state index is 0.138. The van der Waals surface area contributed by atoms with Crippen molar-refractivity contribution in [1.82, 2.24) is 9.71 Å². The van der Waals surface area contributed by atoms with Crippen molar-refractivity contribution < 1.29 is 17.9 Å². The number of pyridine rings is 1.